The van der Waals surface area contributed by atoms with Crippen LogP contribution in [0.5, 0.6) is 0 Å². The summed E-state index contributed by atoms with van der Waals surface area (Å²) in [6.45, 7) is 6.05. The molecule has 0 radical (unpaired) electrons. The van der Waals surface area contributed by atoms with E-state index in [9.17, 15) is 18.0 Å². The van der Waals surface area contributed by atoms with Crippen molar-refractivity contribution in [1.29, 1.82) is 0 Å². The molecule has 8 nitrogen and oxygen atoms in total. The molecule has 1 heterocycles. The number of likely N-dealkylation sites (tertiary alicyclic amines) is 1. The fraction of sp³-hybridized carbons (Fsp3) is 0.429. The van der Waals surface area contributed by atoms with Gasteiger partial charge in [-0.05, 0) is 92.8 Å². The summed E-state index contributed by atoms with van der Waals surface area (Å²) in [4.78, 5) is 28.8. The molecule has 0 bridgehead atoms. The number of rotatable bonds is 11. The molecule has 0 saturated carbocycles. The molecule has 242 valence electrons. The van der Waals surface area contributed by atoms with E-state index in [1.165, 1.54) is 11.8 Å². The van der Waals surface area contributed by atoms with Crippen LogP contribution in [-0.2, 0) is 25.8 Å². The Bertz CT molecular complexity index is 1590. The summed E-state index contributed by atoms with van der Waals surface area (Å²) in [6.07, 6.45) is 8.56. The van der Waals surface area contributed by atoms with Gasteiger partial charge in [0.15, 0.2) is 9.84 Å². The first-order chi connectivity index (χ1) is 21.4. The van der Waals surface area contributed by atoms with Gasteiger partial charge in [0.05, 0.1) is 28.9 Å². The van der Waals surface area contributed by atoms with Crippen molar-refractivity contribution >= 4 is 33.3 Å². The molecule has 1 fully saturated rings. The Balaban J connectivity index is 1.45. The van der Waals surface area contributed by atoms with E-state index in [0.29, 0.717) is 55.2 Å². The molecule has 45 heavy (non-hydrogen) atoms. The molecule has 1 atom stereocenters. The highest BCUT2D eigenvalue weighted by Crippen LogP contribution is 2.31. The van der Waals surface area contributed by atoms with Crippen LogP contribution in [0.25, 0.3) is 0 Å². The van der Waals surface area contributed by atoms with Gasteiger partial charge in [-0.2, -0.15) is 0 Å². The first-order valence-electron chi connectivity index (χ1n) is 15.5. The second-order valence-electron chi connectivity index (χ2n) is 12.0. The monoisotopic (exact) mass is 653 g/mol. The molecule has 2 amide bonds. The van der Waals surface area contributed by atoms with Gasteiger partial charge >= 0.3 is 0 Å². The molecule has 0 spiro atoms. The highest BCUT2D eigenvalue weighted by molar-refractivity contribution is 7.94. The topological polar surface area (TPSA) is 105 Å². The Hall–Kier alpha value is -3.40. The van der Waals surface area contributed by atoms with Gasteiger partial charge in [0.25, 0.3) is 5.91 Å². The van der Waals surface area contributed by atoms with Crippen molar-refractivity contribution in [2.45, 2.75) is 58.4 Å². The number of methoxy groups -OCH3 is 1. The summed E-state index contributed by atoms with van der Waals surface area (Å²) in [7, 11) is -1.83. The lowest BCUT2D eigenvalue weighted by Crippen LogP contribution is -2.39. The molecule has 10 heteroatoms. The lowest BCUT2D eigenvalue weighted by atomic mass is 9.91. The largest absolute Gasteiger partial charge is 0.384 e. The SMILES string of the molecule is COCCc1cccc(C(C)NC(=O)CC2CCN(C3=C(C)CCC=C(S(C)(=O)=O)C=C3NC(=O)c3cccc(Cl)c3)CC2)c1. The first-order valence-corrected chi connectivity index (χ1v) is 17.7. The molecule has 2 N–H and O–H groups in total. The Morgan fingerprint density at radius 1 is 1.11 bits per heavy atom. The standard InChI is InChI=1S/C35H44ClN3O5S/c1-24-8-5-13-31(45(4,42)43)23-32(38-35(41)29-11-7-12-30(36)22-29)34(24)39-17-14-27(15-18-39)21-33(40)37-25(2)28-10-6-9-26(20-28)16-19-44-3/h6-7,9-13,20,22-23,25,27H,5,8,14-19,21H2,1-4H3,(H,37,40)(H,38,41). The highest BCUT2D eigenvalue weighted by atomic mass is 35.5. The third-order valence-electron chi connectivity index (χ3n) is 8.40. The quantitative estimate of drug-likeness (QED) is 0.303. The zero-order chi connectivity index (χ0) is 32.6. The van der Waals surface area contributed by atoms with Crippen LogP contribution in [0, 0.1) is 5.92 Å². The zero-order valence-corrected chi connectivity index (χ0v) is 28.1. The summed E-state index contributed by atoms with van der Waals surface area (Å²) in [6, 6.07) is 14.8. The number of amides is 2. The minimum Gasteiger partial charge on any atom is -0.384 e. The molecular formula is C35H44ClN3O5S. The lowest BCUT2D eigenvalue weighted by molar-refractivity contribution is -0.123. The van der Waals surface area contributed by atoms with Crippen molar-refractivity contribution in [3.8, 4) is 0 Å². The number of hydrogen-bond acceptors (Lipinski definition) is 6. The van der Waals surface area contributed by atoms with E-state index in [-0.39, 0.29) is 28.7 Å². The van der Waals surface area contributed by atoms with Crippen LogP contribution in [0.15, 0.2) is 82.6 Å². The van der Waals surface area contributed by atoms with Gasteiger partial charge in [-0.1, -0.05) is 48.0 Å². The summed E-state index contributed by atoms with van der Waals surface area (Å²) in [5.74, 6) is -0.120. The van der Waals surface area contributed by atoms with Gasteiger partial charge in [0, 0.05) is 43.5 Å². The second-order valence-corrected chi connectivity index (χ2v) is 14.4. The maximum Gasteiger partial charge on any atom is 0.255 e. The minimum absolute atomic E-state index is 0.0295. The van der Waals surface area contributed by atoms with Gasteiger partial charge < -0.3 is 20.3 Å². The van der Waals surface area contributed by atoms with Crippen molar-refractivity contribution in [3.63, 3.8) is 0 Å². The van der Waals surface area contributed by atoms with Crippen LogP contribution in [0.1, 0.15) is 73.5 Å². The maximum absolute atomic E-state index is 13.3. The minimum atomic E-state index is -3.52. The number of hydrogen-bond donors (Lipinski definition) is 2. The molecule has 4 rings (SSSR count). The average molecular weight is 654 g/mol. The summed E-state index contributed by atoms with van der Waals surface area (Å²) in [5, 5.41) is 6.60. The average Bonchev–Trinajstić information content (AvgIpc) is 2.99. The Labute approximate surface area is 272 Å². The van der Waals surface area contributed by atoms with Crippen LogP contribution in [-0.4, -0.2) is 58.2 Å². The third kappa shape index (κ3) is 9.79. The van der Waals surface area contributed by atoms with Gasteiger partial charge in [0.1, 0.15) is 0 Å². The number of ether oxygens (including phenoxy) is 1. The fourth-order valence-corrected chi connectivity index (χ4v) is 6.85. The number of halogens is 1. The maximum atomic E-state index is 13.3. The number of carbonyl (C=O) groups is 2. The van der Waals surface area contributed by atoms with Gasteiger partial charge in [-0.15, -0.1) is 0 Å². The predicted molar refractivity (Wildman–Crippen MR) is 179 cm³/mol. The molecule has 2 aromatic rings. The van der Waals surface area contributed by atoms with Gasteiger partial charge in [-0.3, -0.25) is 9.59 Å². The van der Waals surface area contributed by atoms with Crippen LogP contribution in [0.4, 0.5) is 0 Å². The molecule has 2 aromatic carbocycles. The molecule has 2 aliphatic rings. The van der Waals surface area contributed by atoms with E-state index < -0.39 is 9.84 Å². The van der Waals surface area contributed by atoms with Crippen molar-refractivity contribution in [2.24, 2.45) is 5.92 Å². The van der Waals surface area contributed by atoms with E-state index >= 15 is 0 Å². The van der Waals surface area contributed by atoms with E-state index in [2.05, 4.69) is 27.7 Å². The van der Waals surface area contributed by atoms with Crippen molar-refractivity contribution in [2.75, 3.05) is 33.1 Å². The first kappa shape index (κ1) is 34.5. The zero-order valence-electron chi connectivity index (χ0n) is 26.6. The predicted octanol–water partition coefficient (Wildman–Crippen LogP) is 6.12. The number of carbonyl (C=O) groups excluding carboxylic acids is 2. The summed E-state index contributed by atoms with van der Waals surface area (Å²) >= 11 is 6.13. The molecule has 1 aliphatic carbocycles. The fourth-order valence-electron chi connectivity index (χ4n) is 5.91. The smallest absolute Gasteiger partial charge is 0.255 e. The summed E-state index contributed by atoms with van der Waals surface area (Å²) in [5.41, 5.74) is 4.98. The van der Waals surface area contributed by atoms with Crippen molar-refractivity contribution < 1.29 is 22.7 Å². The van der Waals surface area contributed by atoms with E-state index in [1.54, 1.807) is 43.5 Å². The van der Waals surface area contributed by atoms with Crippen LogP contribution < -0.4 is 10.6 Å². The third-order valence-corrected chi connectivity index (χ3v) is 9.78. The summed E-state index contributed by atoms with van der Waals surface area (Å²) < 4.78 is 30.4. The number of nitrogens with one attached hydrogen (secondary N) is 2. The van der Waals surface area contributed by atoms with E-state index in [4.69, 9.17) is 16.3 Å². The Kier molecular flexibility index (Phi) is 12.1. The van der Waals surface area contributed by atoms with E-state index in [0.717, 1.165) is 36.1 Å². The van der Waals surface area contributed by atoms with Crippen molar-refractivity contribution in [1.82, 2.24) is 15.5 Å². The second kappa shape index (κ2) is 15.7. The van der Waals surface area contributed by atoms with Crippen LogP contribution in [0.2, 0.25) is 5.02 Å². The van der Waals surface area contributed by atoms with Crippen molar-refractivity contribution in [3.05, 3.63) is 104 Å². The molecular weight excluding hydrogens is 610 g/mol. The van der Waals surface area contributed by atoms with Gasteiger partial charge in [0.2, 0.25) is 5.91 Å². The highest BCUT2D eigenvalue weighted by Gasteiger charge is 2.28. The van der Waals surface area contributed by atoms with Crippen LogP contribution in [0.3, 0.4) is 0 Å². The molecule has 1 unspecified atom stereocenters. The van der Waals surface area contributed by atoms with Crippen LogP contribution >= 0.6 is 11.6 Å². The number of nitrogens with zero attached hydrogens (tertiary/aromatic N) is 1. The molecule has 1 aliphatic heterocycles. The number of benzene rings is 2. The molecule has 1 saturated heterocycles. The van der Waals surface area contributed by atoms with Gasteiger partial charge in [-0.25, -0.2) is 8.42 Å². The lowest BCUT2D eigenvalue weighted by Gasteiger charge is -2.37. The number of allylic oxidation sites excluding steroid dienone is 3. The number of piperidine rings is 1. The number of sulfone groups is 1. The Morgan fingerprint density at radius 2 is 1.84 bits per heavy atom. The normalized spacial score (nSPS) is 17.1. The molecule has 0 aromatic heterocycles. The Morgan fingerprint density at radius 3 is 2.53 bits per heavy atom. The van der Waals surface area contributed by atoms with E-state index in [1.807, 2.05) is 26.0 Å².